The van der Waals surface area contributed by atoms with Crippen molar-refractivity contribution in [2.24, 2.45) is 5.41 Å². The Morgan fingerprint density at radius 1 is 1.25 bits per heavy atom. The molecule has 1 aliphatic carbocycles. The molecule has 0 unspecified atom stereocenters. The van der Waals surface area contributed by atoms with E-state index in [-0.39, 0.29) is 0 Å². The highest BCUT2D eigenvalue weighted by Gasteiger charge is 2.27. The summed E-state index contributed by atoms with van der Waals surface area (Å²) in [6.07, 6.45) is 7.28. The number of halogens is 1. The lowest BCUT2D eigenvalue weighted by Crippen LogP contribution is -2.29. The second-order valence-electron chi connectivity index (χ2n) is 6.23. The second-order valence-corrected chi connectivity index (χ2v) is 6.63. The van der Waals surface area contributed by atoms with Crippen LogP contribution in [0.15, 0.2) is 30.5 Å². The molecule has 0 spiro atoms. The lowest BCUT2D eigenvalue weighted by molar-refractivity contribution is 0.315. The fraction of sp³-hybridized carbons (Fsp3) is 0.471. The first-order chi connectivity index (χ1) is 9.68. The molecule has 0 amide bonds. The van der Waals surface area contributed by atoms with Gasteiger partial charge in [0.2, 0.25) is 0 Å². The molecule has 3 heteroatoms. The first-order valence-electron chi connectivity index (χ1n) is 7.41. The molecule has 0 atom stereocenters. The normalized spacial score (nSPS) is 17.7. The molecule has 0 bridgehead atoms. The Labute approximate surface area is 125 Å². The molecule has 1 saturated carbocycles. The molecule has 0 saturated heterocycles. The van der Waals surface area contributed by atoms with Gasteiger partial charge in [-0.05, 0) is 42.0 Å². The average molecular weight is 289 g/mol. The highest BCUT2D eigenvalue weighted by atomic mass is 35.5. The van der Waals surface area contributed by atoms with E-state index in [0.29, 0.717) is 5.41 Å². The number of hydrogen-bond acceptors (Lipinski definition) is 2. The van der Waals surface area contributed by atoms with E-state index in [2.05, 4.69) is 23.3 Å². The number of fused-ring (bicyclic) bond motifs is 1. The number of rotatable bonds is 4. The zero-order valence-electron chi connectivity index (χ0n) is 12.0. The fourth-order valence-corrected chi connectivity index (χ4v) is 3.46. The summed E-state index contributed by atoms with van der Waals surface area (Å²) in [6.45, 7) is 4.34. The van der Waals surface area contributed by atoms with Crippen LogP contribution in [0.25, 0.3) is 10.9 Å². The third kappa shape index (κ3) is 2.82. The highest BCUT2D eigenvalue weighted by molar-refractivity contribution is 6.35. The van der Waals surface area contributed by atoms with E-state index >= 15 is 0 Å². The van der Waals surface area contributed by atoms with Crippen molar-refractivity contribution in [2.45, 2.75) is 39.2 Å². The Hall–Kier alpha value is -1.12. The van der Waals surface area contributed by atoms with Crippen LogP contribution in [0, 0.1) is 5.41 Å². The average Bonchev–Trinajstić information content (AvgIpc) is 2.89. The maximum absolute atomic E-state index is 6.23. The van der Waals surface area contributed by atoms with Crippen molar-refractivity contribution >= 4 is 22.5 Å². The van der Waals surface area contributed by atoms with E-state index in [1.807, 2.05) is 24.4 Å². The molecule has 2 aromatic rings. The van der Waals surface area contributed by atoms with Crippen LogP contribution in [-0.2, 0) is 6.54 Å². The number of hydrogen-bond donors (Lipinski definition) is 1. The minimum absolute atomic E-state index is 0.482. The Morgan fingerprint density at radius 3 is 2.85 bits per heavy atom. The summed E-state index contributed by atoms with van der Waals surface area (Å²) in [5.74, 6) is 0. The molecule has 1 aliphatic rings. The van der Waals surface area contributed by atoms with Gasteiger partial charge < -0.3 is 5.32 Å². The van der Waals surface area contributed by atoms with E-state index in [9.17, 15) is 0 Å². The largest absolute Gasteiger partial charge is 0.312 e. The summed E-state index contributed by atoms with van der Waals surface area (Å²) in [7, 11) is 0. The summed E-state index contributed by atoms with van der Waals surface area (Å²) in [5.41, 5.74) is 2.73. The molecule has 2 nitrogen and oxygen atoms in total. The maximum atomic E-state index is 6.23. The van der Waals surface area contributed by atoms with Crippen molar-refractivity contribution in [3.8, 4) is 0 Å². The Balaban J connectivity index is 1.73. The number of benzene rings is 1. The predicted octanol–water partition coefficient (Wildman–Crippen LogP) is 4.56. The van der Waals surface area contributed by atoms with Crippen LogP contribution in [0.2, 0.25) is 5.02 Å². The SMILES string of the molecule is CC1(CNCc2ccc(Cl)c3cccnc23)CCCC1. The smallest absolute Gasteiger partial charge is 0.0761 e. The van der Waals surface area contributed by atoms with Crippen molar-refractivity contribution in [3.63, 3.8) is 0 Å². The Morgan fingerprint density at radius 2 is 2.05 bits per heavy atom. The lowest BCUT2D eigenvalue weighted by atomic mass is 9.89. The van der Waals surface area contributed by atoms with Gasteiger partial charge in [0.05, 0.1) is 5.52 Å². The minimum atomic E-state index is 0.482. The standard InChI is InChI=1S/C17H21ClN2/c1-17(8-2-3-9-17)12-19-11-13-6-7-15(18)14-5-4-10-20-16(13)14/h4-7,10,19H,2-3,8-9,11-12H2,1H3. The van der Waals surface area contributed by atoms with E-state index in [1.165, 1.54) is 31.2 Å². The van der Waals surface area contributed by atoms with Crippen LogP contribution >= 0.6 is 11.6 Å². The van der Waals surface area contributed by atoms with Gasteiger partial charge in [0.1, 0.15) is 0 Å². The van der Waals surface area contributed by atoms with Crippen LogP contribution in [0.1, 0.15) is 38.2 Å². The monoisotopic (exact) mass is 288 g/mol. The van der Waals surface area contributed by atoms with Gasteiger partial charge in [0, 0.05) is 29.7 Å². The first-order valence-corrected chi connectivity index (χ1v) is 7.79. The van der Waals surface area contributed by atoms with Crippen molar-refractivity contribution in [1.29, 1.82) is 0 Å². The quantitative estimate of drug-likeness (QED) is 0.892. The molecule has 0 radical (unpaired) electrons. The van der Waals surface area contributed by atoms with Gasteiger partial charge in [-0.3, -0.25) is 4.98 Å². The summed E-state index contributed by atoms with van der Waals surface area (Å²) in [6, 6.07) is 8.03. The van der Waals surface area contributed by atoms with Crippen LogP contribution in [-0.4, -0.2) is 11.5 Å². The van der Waals surface area contributed by atoms with E-state index in [4.69, 9.17) is 11.6 Å². The molecule has 3 rings (SSSR count). The van der Waals surface area contributed by atoms with Gasteiger partial charge in [-0.25, -0.2) is 0 Å². The number of nitrogens with one attached hydrogen (secondary N) is 1. The molecular weight excluding hydrogens is 268 g/mol. The summed E-state index contributed by atoms with van der Waals surface area (Å²) in [5, 5.41) is 5.43. The van der Waals surface area contributed by atoms with E-state index in [1.54, 1.807) is 0 Å². The molecule has 106 valence electrons. The van der Waals surface area contributed by atoms with Gasteiger partial charge in [-0.2, -0.15) is 0 Å². The van der Waals surface area contributed by atoms with E-state index in [0.717, 1.165) is 29.0 Å². The number of pyridine rings is 1. The van der Waals surface area contributed by atoms with Crippen molar-refractivity contribution < 1.29 is 0 Å². The van der Waals surface area contributed by atoms with Crippen molar-refractivity contribution in [1.82, 2.24) is 10.3 Å². The molecule has 20 heavy (non-hydrogen) atoms. The maximum Gasteiger partial charge on any atom is 0.0761 e. The third-order valence-electron chi connectivity index (χ3n) is 4.48. The van der Waals surface area contributed by atoms with Crippen LogP contribution < -0.4 is 5.32 Å². The van der Waals surface area contributed by atoms with Gasteiger partial charge in [-0.15, -0.1) is 0 Å². The van der Waals surface area contributed by atoms with Crippen molar-refractivity contribution in [3.05, 3.63) is 41.0 Å². The highest BCUT2D eigenvalue weighted by Crippen LogP contribution is 2.36. The van der Waals surface area contributed by atoms with E-state index < -0.39 is 0 Å². The zero-order chi connectivity index (χ0) is 14.0. The summed E-state index contributed by atoms with van der Waals surface area (Å²) < 4.78 is 0. The predicted molar refractivity (Wildman–Crippen MR) is 85.0 cm³/mol. The molecular formula is C17H21ClN2. The van der Waals surface area contributed by atoms with Gasteiger partial charge >= 0.3 is 0 Å². The molecule has 0 aliphatic heterocycles. The van der Waals surface area contributed by atoms with Gasteiger partial charge in [0.25, 0.3) is 0 Å². The Kier molecular flexibility index (Phi) is 3.95. The summed E-state index contributed by atoms with van der Waals surface area (Å²) >= 11 is 6.23. The molecule has 1 fully saturated rings. The summed E-state index contributed by atoms with van der Waals surface area (Å²) in [4.78, 5) is 4.49. The topological polar surface area (TPSA) is 24.9 Å². The zero-order valence-corrected chi connectivity index (χ0v) is 12.7. The fourth-order valence-electron chi connectivity index (χ4n) is 3.24. The van der Waals surface area contributed by atoms with Crippen molar-refractivity contribution in [2.75, 3.05) is 6.54 Å². The van der Waals surface area contributed by atoms with Gasteiger partial charge in [-0.1, -0.05) is 37.4 Å². The molecule has 1 aromatic heterocycles. The first kappa shape index (κ1) is 13.8. The number of nitrogens with zero attached hydrogens (tertiary/aromatic N) is 1. The third-order valence-corrected chi connectivity index (χ3v) is 4.81. The Bertz CT molecular complexity index is 603. The van der Waals surface area contributed by atoms with Gasteiger partial charge in [0.15, 0.2) is 0 Å². The number of aromatic nitrogens is 1. The second kappa shape index (κ2) is 5.71. The molecule has 1 aromatic carbocycles. The van der Waals surface area contributed by atoms with Crippen LogP contribution in [0.4, 0.5) is 0 Å². The van der Waals surface area contributed by atoms with Crippen LogP contribution in [0.5, 0.6) is 0 Å². The minimum Gasteiger partial charge on any atom is -0.312 e. The van der Waals surface area contributed by atoms with Crippen LogP contribution in [0.3, 0.4) is 0 Å². The molecule has 1 N–H and O–H groups in total. The lowest BCUT2D eigenvalue weighted by Gasteiger charge is -2.24. The molecule has 1 heterocycles.